The normalized spacial score (nSPS) is 32.3. The van der Waals surface area contributed by atoms with Gasteiger partial charge in [-0.2, -0.15) is 0 Å². The van der Waals surface area contributed by atoms with Gasteiger partial charge in [0.2, 0.25) is 0 Å². The highest BCUT2D eigenvalue weighted by Crippen LogP contribution is 2.21. The van der Waals surface area contributed by atoms with Crippen LogP contribution in [-0.4, -0.2) is 56.5 Å². The number of nitrogens with zero attached hydrogens (tertiary/aromatic N) is 1. The van der Waals surface area contributed by atoms with Crippen molar-refractivity contribution in [3.05, 3.63) is 0 Å². The zero-order valence-electron chi connectivity index (χ0n) is 9.39. The summed E-state index contributed by atoms with van der Waals surface area (Å²) < 4.78 is 23.0. The molecule has 0 aromatic carbocycles. The van der Waals surface area contributed by atoms with Gasteiger partial charge in [-0.05, 0) is 13.0 Å². The molecule has 7 heteroatoms. The molecule has 0 spiro atoms. The SMILES string of the molecule is CCCN1CCN[C@H]2CS(=O)(=O)C[C@H]21.Cl.Cl. The van der Waals surface area contributed by atoms with Gasteiger partial charge in [-0.1, -0.05) is 6.92 Å². The average Bonchev–Trinajstić information content (AvgIpc) is 2.41. The lowest BCUT2D eigenvalue weighted by Gasteiger charge is -2.37. The summed E-state index contributed by atoms with van der Waals surface area (Å²) in [6.45, 7) is 5.08. The first-order valence-electron chi connectivity index (χ1n) is 5.30. The van der Waals surface area contributed by atoms with Crippen LogP contribution < -0.4 is 5.32 Å². The quantitative estimate of drug-likeness (QED) is 0.795. The van der Waals surface area contributed by atoms with E-state index in [1.54, 1.807) is 0 Å². The van der Waals surface area contributed by atoms with Gasteiger partial charge in [0, 0.05) is 25.2 Å². The number of hydrogen-bond acceptors (Lipinski definition) is 4. The standard InChI is InChI=1S/C9H18N2O2S.2ClH/c1-2-4-11-5-3-10-8-6-14(12,13)7-9(8)11;;/h8-10H,2-7H2,1H3;2*1H/t8-,9+;;/m0../s1. The Morgan fingerprint density at radius 1 is 1.31 bits per heavy atom. The Balaban J connectivity index is 0.00000112. The van der Waals surface area contributed by atoms with E-state index in [9.17, 15) is 8.42 Å². The highest BCUT2D eigenvalue weighted by atomic mass is 35.5. The first-order chi connectivity index (χ1) is 6.62. The van der Waals surface area contributed by atoms with Crippen molar-refractivity contribution in [3.63, 3.8) is 0 Å². The molecule has 2 fully saturated rings. The maximum Gasteiger partial charge on any atom is 0.153 e. The van der Waals surface area contributed by atoms with Crippen molar-refractivity contribution in [3.8, 4) is 0 Å². The lowest BCUT2D eigenvalue weighted by molar-refractivity contribution is 0.149. The highest BCUT2D eigenvalue weighted by molar-refractivity contribution is 7.91. The van der Waals surface area contributed by atoms with Crippen molar-refractivity contribution < 1.29 is 8.42 Å². The molecule has 1 N–H and O–H groups in total. The van der Waals surface area contributed by atoms with Gasteiger partial charge in [0.05, 0.1) is 11.5 Å². The summed E-state index contributed by atoms with van der Waals surface area (Å²) in [7, 11) is -2.78. The summed E-state index contributed by atoms with van der Waals surface area (Å²) in [6, 6.07) is 0.411. The Labute approximate surface area is 110 Å². The molecule has 0 amide bonds. The first kappa shape index (κ1) is 16.4. The molecule has 98 valence electrons. The number of halogens is 2. The number of hydrogen-bond donors (Lipinski definition) is 1. The van der Waals surface area contributed by atoms with Crippen LogP contribution in [0.1, 0.15) is 13.3 Å². The van der Waals surface area contributed by atoms with Crippen LogP contribution in [0.25, 0.3) is 0 Å². The second kappa shape index (κ2) is 6.40. The predicted molar refractivity (Wildman–Crippen MR) is 70.6 cm³/mol. The van der Waals surface area contributed by atoms with Crippen LogP contribution in [-0.2, 0) is 9.84 Å². The van der Waals surface area contributed by atoms with E-state index in [2.05, 4.69) is 17.1 Å². The molecule has 2 rings (SSSR count). The zero-order chi connectivity index (χ0) is 10.2. The molecule has 0 radical (unpaired) electrons. The summed E-state index contributed by atoms with van der Waals surface area (Å²) in [5.41, 5.74) is 0. The van der Waals surface area contributed by atoms with Crippen LogP contribution in [0.4, 0.5) is 0 Å². The second-order valence-corrected chi connectivity index (χ2v) is 6.39. The Hall–Kier alpha value is 0.450. The fourth-order valence-corrected chi connectivity index (χ4v) is 4.49. The van der Waals surface area contributed by atoms with Gasteiger partial charge in [0.1, 0.15) is 0 Å². The van der Waals surface area contributed by atoms with E-state index in [0.29, 0.717) is 11.5 Å². The molecule has 2 saturated heterocycles. The summed E-state index contributed by atoms with van der Waals surface area (Å²) in [5.74, 6) is 0.683. The molecule has 0 aliphatic carbocycles. The van der Waals surface area contributed by atoms with Gasteiger partial charge in [0.25, 0.3) is 0 Å². The van der Waals surface area contributed by atoms with Gasteiger partial charge in [-0.15, -0.1) is 24.8 Å². The van der Waals surface area contributed by atoms with E-state index in [0.717, 1.165) is 26.1 Å². The molecule has 0 unspecified atom stereocenters. The summed E-state index contributed by atoms with van der Waals surface area (Å²) in [5, 5.41) is 3.30. The van der Waals surface area contributed by atoms with Crippen LogP contribution in [0, 0.1) is 0 Å². The first-order valence-corrected chi connectivity index (χ1v) is 7.12. The van der Waals surface area contributed by atoms with Crippen LogP contribution >= 0.6 is 24.8 Å². The highest BCUT2D eigenvalue weighted by Gasteiger charge is 2.42. The lowest BCUT2D eigenvalue weighted by Crippen LogP contribution is -2.57. The fourth-order valence-electron chi connectivity index (χ4n) is 2.51. The Morgan fingerprint density at radius 2 is 2.00 bits per heavy atom. The molecule has 4 nitrogen and oxygen atoms in total. The van der Waals surface area contributed by atoms with E-state index in [-0.39, 0.29) is 36.9 Å². The van der Waals surface area contributed by atoms with Crippen LogP contribution in [0.3, 0.4) is 0 Å². The van der Waals surface area contributed by atoms with Crippen molar-refractivity contribution in [2.24, 2.45) is 0 Å². The van der Waals surface area contributed by atoms with Gasteiger partial charge in [-0.25, -0.2) is 8.42 Å². The Morgan fingerprint density at radius 3 is 2.62 bits per heavy atom. The maximum absolute atomic E-state index is 11.5. The maximum atomic E-state index is 11.5. The molecular formula is C9H20Cl2N2O2S. The summed E-state index contributed by atoms with van der Waals surface area (Å²) >= 11 is 0. The van der Waals surface area contributed by atoms with Crippen molar-refractivity contribution in [1.29, 1.82) is 0 Å². The molecule has 2 aliphatic heterocycles. The number of fused-ring (bicyclic) bond motifs is 1. The Kier molecular flexibility index (Phi) is 6.58. The van der Waals surface area contributed by atoms with Crippen molar-refractivity contribution in [1.82, 2.24) is 10.2 Å². The third kappa shape index (κ3) is 3.47. The number of piperazine rings is 1. The molecule has 0 aromatic heterocycles. The van der Waals surface area contributed by atoms with E-state index in [4.69, 9.17) is 0 Å². The molecule has 0 aromatic rings. The third-order valence-corrected chi connectivity index (χ3v) is 4.82. The van der Waals surface area contributed by atoms with Gasteiger partial charge < -0.3 is 5.32 Å². The predicted octanol–water partition coefficient (Wildman–Crippen LogP) is 0.311. The number of nitrogens with one attached hydrogen (secondary N) is 1. The summed E-state index contributed by atoms with van der Waals surface area (Å²) in [4.78, 5) is 2.33. The third-order valence-electron chi connectivity index (χ3n) is 3.11. The average molecular weight is 291 g/mol. The molecule has 2 atom stereocenters. The van der Waals surface area contributed by atoms with Crippen LogP contribution in [0.15, 0.2) is 0 Å². The van der Waals surface area contributed by atoms with E-state index in [1.807, 2.05) is 0 Å². The van der Waals surface area contributed by atoms with E-state index >= 15 is 0 Å². The smallest absolute Gasteiger partial charge is 0.153 e. The van der Waals surface area contributed by atoms with Gasteiger partial charge in [0.15, 0.2) is 9.84 Å². The lowest BCUT2D eigenvalue weighted by atomic mass is 10.1. The number of sulfone groups is 1. The van der Waals surface area contributed by atoms with Crippen molar-refractivity contribution in [2.45, 2.75) is 25.4 Å². The monoisotopic (exact) mass is 290 g/mol. The van der Waals surface area contributed by atoms with E-state index in [1.165, 1.54) is 0 Å². The zero-order valence-corrected chi connectivity index (χ0v) is 11.8. The molecule has 2 heterocycles. The minimum absolute atomic E-state index is 0. The number of rotatable bonds is 2. The van der Waals surface area contributed by atoms with Crippen LogP contribution in [0.5, 0.6) is 0 Å². The van der Waals surface area contributed by atoms with Crippen molar-refractivity contribution >= 4 is 34.7 Å². The molecule has 2 aliphatic rings. The minimum Gasteiger partial charge on any atom is -0.310 e. The molecule has 0 bridgehead atoms. The molecule has 16 heavy (non-hydrogen) atoms. The topological polar surface area (TPSA) is 49.4 Å². The molecular weight excluding hydrogens is 271 g/mol. The largest absolute Gasteiger partial charge is 0.310 e. The van der Waals surface area contributed by atoms with Gasteiger partial charge >= 0.3 is 0 Å². The van der Waals surface area contributed by atoms with E-state index < -0.39 is 9.84 Å². The molecule has 0 saturated carbocycles. The Bertz CT molecular complexity index is 309. The van der Waals surface area contributed by atoms with Crippen molar-refractivity contribution in [2.75, 3.05) is 31.1 Å². The fraction of sp³-hybridized carbons (Fsp3) is 1.00. The van der Waals surface area contributed by atoms with Gasteiger partial charge in [-0.3, -0.25) is 4.90 Å². The minimum atomic E-state index is -2.78. The van der Waals surface area contributed by atoms with Crippen LogP contribution in [0.2, 0.25) is 0 Å². The second-order valence-electron chi connectivity index (χ2n) is 4.24. The summed E-state index contributed by atoms with van der Waals surface area (Å²) in [6.07, 6.45) is 1.10.